The van der Waals surface area contributed by atoms with E-state index in [9.17, 15) is 4.79 Å². The maximum atomic E-state index is 11.2. The van der Waals surface area contributed by atoms with Gasteiger partial charge in [0.25, 0.3) is 0 Å². The molecule has 1 aliphatic rings. The lowest BCUT2D eigenvalue weighted by Crippen LogP contribution is -2.23. The van der Waals surface area contributed by atoms with Gasteiger partial charge in [-0.3, -0.25) is 9.90 Å². The zero-order chi connectivity index (χ0) is 15.1. The first kappa shape index (κ1) is 15.1. The Balaban J connectivity index is 1.73. The van der Waals surface area contributed by atoms with Crippen LogP contribution in [0, 0.1) is 0 Å². The van der Waals surface area contributed by atoms with Crippen molar-refractivity contribution in [3.63, 3.8) is 0 Å². The fourth-order valence-corrected chi connectivity index (χ4v) is 1.83. The van der Waals surface area contributed by atoms with Crippen LogP contribution in [0.3, 0.4) is 0 Å². The molecule has 0 unspecified atom stereocenters. The summed E-state index contributed by atoms with van der Waals surface area (Å²) in [7, 11) is 0. The minimum Gasteiger partial charge on any atom is -0.460 e. The minimum absolute atomic E-state index is 0.214. The first-order chi connectivity index (χ1) is 10.2. The molecule has 0 saturated carbocycles. The minimum atomic E-state index is -0.390. The number of nitrogens with zero attached hydrogens (tertiary/aromatic N) is 1. The molecule has 0 radical (unpaired) electrons. The first-order valence-electron chi connectivity index (χ1n) is 6.83. The lowest BCUT2D eigenvalue weighted by atomic mass is 10.0. The van der Waals surface area contributed by atoms with Gasteiger partial charge in [0.1, 0.15) is 13.2 Å². The quantitative estimate of drug-likeness (QED) is 0.457. The summed E-state index contributed by atoms with van der Waals surface area (Å²) in [5, 5.41) is 1.71. The van der Waals surface area contributed by atoms with Crippen LogP contribution < -0.4 is 0 Å². The van der Waals surface area contributed by atoms with Gasteiger partial charge in [-0.05, 0) is 24.1 Å². The number of rotatable bonds is 6. The molecule has 0 spiro atoms. The lowest BCUT2D eigenvalue weighted by Gasteiger charge is -2.22. The molecule has 0 N–H and O–H groups in total. The molecule has 1 aliphatic heterocycles. The number of carbonyl (C=O) groups is 1. The third-order valence-corrected chi connectivity index (χ3v) is 2.94. The number of allylic oxidation sites excluding steroid dienone is 2. The van der Waals surface area contributed by atoms with E-state index in [-0.39, 0.29) is 12.6 Å². The van der Waals surface area contributed by atoms with Crippen LogP contribution in [0.15, 0.2) is 60.8 Å². The van der Waals surface area contributed by atoms with Crippen molar-refractivity contribution in [3.05, 3.63) is 66.4 Å². The van der Waals surface area contributed by atoms with Crippen molar-refractivity contribution in [2.24, 2.45) is 0 Å². The van der Waals surface area contributed by atoms with Crippen molar-refractivity contribution >= 4 is 11.5 Å². The molecule has 4 nitrogen and oxygen atoms in total. The van der Waals surface area contributed by atoms with Crippen LogP contribution in [-0.2, 0) is 14.4 Å². The summed E-state index contributed by atoms with van der Waals surface area (Å²) in [6, 6.07) is 10.2. The van der Waals surface area contributed by atoms with E-state index in [2.05, 4.69) is 24.8 Å². The summed E-state index contributed by atoms with van der Waals surface area (Å²) < 4.78 is 4.96. The van der Waals surface area contributed by atoms with Gasteiger partial charge in [-0.15, -0.1) is 0 Å². The molecule has 2 rings (SSSR count). The molecule has 0 fully saturated rings. The number of hydrogen-bond acceptors (Lipinski definition) is 4. The van der Waals surface area contributed by atoms with Crippen molar-refractivity contribution in [3.8, 4) is 0 Å². The summed E-state index contributed by atoms with van der Waals surface area (Å²) in [5.41, 5.74) is 2.75. The highest BCUT2D eigenvalue weighted by Gasteiger charge is 2.07. The monoisotopic (exact) mass is 285 g/mol. The van der Waals surface area contributed by atoms with E-state index in [1.807, 2.05) is 30.5 Å². The predicted molar refractivity (Wildman–Crippen MR) is 82.0 cm³/mol. The molecule has 0 bridgehead atoms. The average Bonchev–Trinajstić information content (AvgIpc) is 2.52. The molecule has 0 aromatic heterocycles. The van der Waals surface area contributed by atoms with Gasteiger partial charge in [0.15, 0.2) is 0 Å². The number of esters is 1. The maximum Gasteiger partial charge on any atom is 0.333 e. The van der Waals surface area contributed by atoms with E-state index in [1.54, 1.807) is 12.0 Å². The number of hydrogen-bond donors (Lipinski definition) is 0. The van der Waals surface area contributed by atoms with Crippen molar-refractivity contribution in [1.82, 2.24) is 5.06 Å². The van der Waals surface area contributed by atoms with Crippen LogP contribution in [-0.4, -0.2) is 30.8 Å². The molecular formula is C17H19NO3. The topological polar surface area (TPSA) is 38.8 Å². The summed E-state index contributed by atoms with van der Waals surface area (Å²) in [4.78, 5) is 16.7. The van der Waals surface area contributed by atoms with Crippen LogP contribution in [0.4, 0.5) is 0 Å². The number of ether oxygens (including phenoxy) is 1. The van der Waals surface area contributed by atoms with E-state index in [0.29, 0.717) is 18.7 Å². The summed E-state index contributed by atoms with van der Waals surface area (Å²) in [6.07, 6.45) is 5.97. The van der Waals surface area contributed by atoms with Gasteiger partial charge in [0, 0.05) is 11.8 Å². The molecule has 1 aromatic carbocycles. The molecule has 1 aromatic rings. The molecule has 0 saturated heterocycles. The fraction of sp³-hybridized carbons (Fsp3) is 0.235. The second-order valence-electron chi connectivity index (χ2n) is 4.69. The van der Waals surface area contributed by atoms with E-state index in [0.717, 1.165) is 0 Å². The Morgan fingerprint density at radius 3 is 2.67 bits per heavy atom. The summed E-state index contributed by atoms with van der Waals surface area (Å²) in [6.45, 7) is 6.33. The third-order valence-electron chi connectivity index (χ3n) is 2.94. The summed E-state index contributed by atoms with van der Waals surface area (Å²) in [5.74, 6) is -0.390. The third kappa shape index (κ3) is 4.61. The van der Waals surface area contributed by atoms with Crippen molar-refractivity contribution in [1.29, 1.82) is 0 Å². The molecule has 110 valence electrons. The van der Waals surface area contributed by atoms with Gasteiger partial charge in [0.2, 0.25) is 0 Å². The Morgan fingerprint density at radius 2 is 2.05 bits per heavy atom. The molecule has 0 amide bonds. The molecule has 21 heavy (non-hydrogen) atoms. The molecular weight excluding hydrogens is 266 g/mol. The molecule has 0 aliphatic carbocycles. The van der Waals surface area contributed by atoms with Gasteiger partial charge < -0.3 is 4.74 Å². The lowest BCUT2D eigenvalue weighted by molar-refractivity contribution is -0.151. The first-order valence-corrected chi connectivity index (χ1v) is 6.83. The van der Waals surface area contributed by atoms with Gasteiger partial charge >= 0.3 is 5.97 Å². The fourth-order valence-electron chi connectivity index (χ4n) is 1.83. The van der Waals surface area contributed by atoms with Crippen LogP contribution in [0.5, 0.6) is 0 Å². The highest BCUT2D eigenvalue weighted by molar-refractivity contribution is 5.86. The van der Waals surface area contributed by atoms with Crippen LogP contribution >= 0.6 is 0 Å². The Labute approximate surface area is 124 Å². The smallest absolute Gasteiger partial charge is 0.333 e. The molecule has 1 heterocycles. The number of carbonyl (C=O) groups excluding carboxylic acids is 1. The SMILES string of the molecule is C=C(C)C(=O)OCCON1C=CC(c2ccccc2)=CC1. The van der Waals surface area contributed by atoms with Gasteiger partial charge in [0.05, 0.1) is 6.54 Å². The Kier molecular flexibility index (Phi) is 5.35. The predicted octanol–water partition coefficient (Wildman–Crippen LogP) is 2.95. The Bertz CT molecular complexity index is 561. The van der Waals surface area contributed by atoms with E-state index >= 15 is 0 Å². The molecule has 4 heteroatoms. The summed E-state index contributed by atoms with van der Waals surface area (Å²) >= 11 is 0. The highest BCUT2D eigenvalue weighted by Crippen LogP contribution is 2.19. The normalized spacial score (nSPS) is 13.8. The van der Waals surface area contributed by atoms with E-state index < -0.39 is 0 Å². The maximum absolute atomic E-state index is 11.2. The van der Waals surface area contributed by atoms with E-state index in [1.165, 1.54) is 11.1 Å². The average molecular weight is 285 g/mol. The molecule has 0 atom stereocenters. The van der Waals surface area contributed by atoms with Crippen molar-refractivity contribution < 1.29 is 14.4 Å². The Morgan fingerprint density at radius 1 is 1.29 bits per heavy atom. The van der Waals surface area contributed by atoms with Crippen LogP contribution in [0.2, 0.25) is 0 Å². The van der Waals surface area contributed by atoms with Gasteiger partial charge in [-0.1, -0.05) is 43.0 Å². The van der Waals surface area contributed by atoms with Crippen molar-refractivity contribution in [2.75, 3.05) is 19.8 Å². The zero-order valence-corrected chi connectivity index (χ0v) is 12.1. The van der Waals surface area contributed by atoms with Gasteiger partial charge in [-0.2, -0.15) is 0 Å². The number of hydroxylamine groups is 2. The van der Waals surface area contributed by atoms with Crippen LogP contribution in [0.1, 0.15) is 12.5 Å². The van der Waals surface area contributed by atoms with Crippen LogP contribution in [0.25, 0.3) is 5.57 Å². The van der Waals surface area contributed by atoms with E-state index in [4.69, 9.17) is 9.57 Å². The highest BCUT2D eigenvalue weighted by atomic mass is 16.7. The van der Waals surface area contributed by atoms with Crippen molar-refractivity contribution in [2.45, 2.75) is 6.92 Å². The Hall–Kier alpha value is -2.33. The van der Waals surface area contributed by atoms with Gasteiger partial charge in [-0.25, -0.2) is 4.79 Å². The zero-order valence-electron chi connectivity index (χ0n) is 12.1. The second kappa shape index (κ2) is 7.45. The standard InChI is InChI=1S/C17H19NO3/c1-14(2)17(19)20-12-13-21-18-10-8-16(9-11-18)15-6-4-3-5-7-15/h3-10H,1,11-13H2,2H3. The number of benzene rings is 1. The second-order valence-corrected chi connectivity index (χ2v) is 4.69. The largest absolute Gasteiger partial charge is 0.460 e.